The van der Waals surface area contributed by atoms with Crippen LogP contribution in [0.15, 0.2) is 48.5 Å². The summed E-state index contributed by atoms with van der Waals surface area (Å²) >= 11 is 0. The van der Waals surface area contributed by atoms with Crippen molar-refractivity contribution in [3.8, 4) is 5.75 Å². The number of carbonyl (C=O) groups excluding carboxylic acids is 1. The molecule has 4 N–H and O–H groups in total. The Morgan fingerprint density at radius 1 is 1.19 bits per heavy atom. The molecule has 2 aliphatic rings. The third kappa shape index (κ3) is 2.17. The van der Waals surface area contributed by atoms with Gasteiger partial charge in [0.2, 0.25) is 5.91 Å². The molecule has 5 heteroatoms. The number of carbonyl (C=O) groups is 1. The van der Waals surface area contributed by atoms with Gasteiger partial charge < -0.3 is 15.4 Å². The van der Waals surface area contributed by atoms with Crippen molar-refractivity contribution in [3.05, 3.63) is 65.4 Å². The van der Waals surface area contributed by atoms with Gasteiger partial charge in [-0.1, -0.05) is 30.3 Å². The summed E-state index contributed by atoms with van der Waals surface area (Å²) in [6, 6.07) is 15.3. The minimum absolute atomic E-state index is 0.0450. The number of phenolic OH excluding ortho intramolecular Hbond substituents is 1. The molecule has 0 aliphatic carbocycles. The Labute approximate surface area is 151 Å². The van der Waals surface area contributed by atoms with Crippen LogP contribution in [0.2, 0.25) is 0 Å². The molecule has 0 unspecified atom stereocenters. The molecule has 0 spiro atoms. The lowest BCUT2D eigenvalue weighted by Gasteiger charge is -2.49. The standard InChI is InChI=1S/C21H21N3O2/c1-21-18(9-12-5-3-2-4-6-12)23-20(26)17(24-21)11-15-14-10-13(25)7-8-16(14)22-19(15)21/h2-8,10,17-18,22,24-25H,9,11H2,1H3,(H,23,26)/t17-,18+,21-/m1/s1. The highest BCUT2D eigenvalue weighted by molar-refractivity contribution is 5.90. The summed E-state index contributed by atoms with van der Waals surface area (Å²) in [5, 5.41) is 17.7. The second kappa shape index (κ2) is 5.35. The van der Waals surface area contributed by atoms with E-state index in [-0.39, 0.29) is 23.7 Å². The fourth-order valence-electron chi connectivity index (χ4n) is 4.53. The number of aromatic hydroxyl groups is 1. The molecule has 2 bridgehead atoms. The number of aromatic nitrogens is 1. The average molecular weight is 347 g/mol. The number of aromatic amines is 1. The van der Waals surface area contributed by atoms with Crippen molar-refractivity contribution < 1.29 is 9.90 Å². The van der Waals surface area contributed by atoms with Crippen molar-refractivity contribution in [3.63, 3.8) is 0 Å². The molecule has 2 aromatic carbocycles. The minimum atomic E-state index is -0.392. The van der Waals surface area contributed by atoms with E-state index in [1.165, 1.54) is 5.56 Å². The van der Waals surface area contributed by atoms with Gasteiger partial charge in [-0.05, 0) is 49.1 Å². The number of amides is 1. The maximum absolute atomic E-state index is 12.6. The highest BCUT2D eigenvalue weighted by atomic mass is 16.3. The maximum Gasteiger partial charge on any atom is 0.237 e. The molecule has 1 fully saturated rings. The zero-order valence-electron chi connectivity index (χ0n) is 14.5. The third-order valence-electron chi connectivity index (χ3n) is 5.90. The van der Waals surface area contributed by atoms with Crippen LogP contribution in [0.5, 0.6) is 5.75 Å². The summed E-state index contributed by atoms with van der Waals surface area (Å²) in [7, 11) is 0. The number of fused-ring (bicyclic) bond motifs is 6. The lowest BCUT2D eigenvalue weighted by molar-refractivity contribution is -0.128. The zero-order valence-corrected chi connectivity index (χ0v) is 14.5. The van der Waals surface area contributed by atoms with Crippen LogP contribution in [0.3, 0.4) is 0 Å². The summed E-state index contributed by atoms with van der Waals surface area (Å²) < 4.78 is 0. The summed E-state index contributed by atoms with van der Waals surface area (Å²) in [6.45, 7) is 2.15. The molecule has 3 heterocycles. The molecule has 1 saturated heterocycles. The van der Waals surface area contributed by atoms with Crippen molar-refractivity contribution in [1.29, 1.82) is 0 Å². The lowest BCUT2D eigenvalue weighted by atomic mass is 9.75. The van der Waals surface area contributed by atoms with Gasteiger partial charge in [0.05, 0.1) is 17.6 Å². The second-order valence-corrected chi connectivity index (χ2v) is 7.56. The van der Waals surface area contributed by atoms with Crippen molar-refractivity contribution >= 4 is 16.8 Å². The van der Waals surface area contributed by atoms with Crippen molar-refractivity contribution in [2.24, 2.45) is 0 Å². The summed E-state index contributed by atoms with van der Waals surface area (Å²) in [5.41, 5.74) is 4.04. The van der Waals surface area contributed by atoms with Crippen LogP contribution in [0.1, 0.15) is 23.7 Å². The highest BCUT2D eigenvalue weighted by Gasteiger charge is 2.50. The maximum atomic E-state index is 12.6. The van der Waals surface area contributed by atoms with Crippen molar-refractivity contribution in [1.82, 2.24) is 15.6 Å². The highest BCUT2D eigenvalue weighted by Crippen LogP contribution is 2.40. The molecule has 26 heavy (non-hydrogen) atoms. The monoisotopic (exact) mass is 347 g/mol. The molecule has 5 rings (SSSR count). The summed E-state index contributed by atoms with van der Waals surface area (Å²) in [6.07, 6.45) is 1.38. The molecular weight excluding hydrogens is 326 g/mol. The van der Waals surface area contributed by atoms with Gasteiger partial charge in [-0.15, -0.1) is 0 Å². The van der Waals surface area contributed by atoms with E-state index in [2.05, 4.69) is 34.7 Å². The van der Waals surface area contributed by atoms with E-state index in [0.29, 0.717) is 6.42 Å². The molecule has 0 radical (unpaired) electrons. The van der Waals surface area contributed by atoms with E-state index >= 15 is 0 Å². The Hall–Kier alpha value is -2.79. The van der Waals surface area contributed by atoms with Crippen LogP contribution in [0.4, 0.5) is 0 Å². The predicted molar refractivity (Wildman–Crippen MR) is 100 cm³/mol. The van der Waals surface area contributed by atoms with Crippen LogP contribution >= 0.6 is 0 Å². The molecule has 2 aliphatic heterocycles. The first-order chi connectivity index (χ1) is 12.5. The Morgan fingerprint density at radius 3 is 2.81 bits per heavy atom. The van der Waals surface area contributed by atoms with Crippen LogP contribution < -0.4 is 10.6 Å². The number of benzene rings is 2. The van der Waals surface area contributed by atoms with Gasteiger partial charge >= 0.3 is 0 Å². The molecular formula is C21H21N3O2. The SMILES string of the molecule is C[C@]12N[C@H](Cc3c1[nH]c1ccc(O)cc31)C(=O)N[C@H]2Cc1ccccc1. The molecule has 3 atom stereocenters. The number of piperazine rings is 1. The average Bonchev–Trinajstić information content (AvgIpc) is 3.00. The number of phenols is 1. The van der Waals surface area contributed by atoms with Gasteiger partial charge in [0.1, 0.15) is 5.75 Å². The fourth-order valence-corrected chi connectivity index (χ4v) is 4.53. The minimum Gasteiger partial charge on any atom is -0.508 e. The van der Waals surface area contributed by atoms with Gasteiger partial charge in [-0.3, -0.25) is 10.1 Å². The fraction of sp³-hybridized carbons (Fsp3) is 0.286. The molecule has 0 saturated carbocycles. The largest absolute Gasteiger partial charge is 0.508 e. The van der Waals surface area contributed by atoms with E-state index in [0.717, 1.165) is 28.6 Å². The first kappa shape index (κ1) is 15.5. The second-order valence-electron chi connectivity index (χ2n) is 7.56. The van der Waals surface area contributed by atoms with E-state index in [1.54, 1.807) is 12.1 Å². The lowest BCUT2D eigenvalue weighted by Crippen LogP contribution is -2.71. The van der Waals surface area contributed by atoms with Gasteiger partial charge in [0.15, 0.2) is 0 Å². The Balaban J connectivity index is 1.65. The third-order valence-corrected chi connectivity index (χ3v) is 5.90. The van der Waals surface area contributed by atoms with Crippen LogP contribution in [-0.2, 0) is 23.2 Å². The van der Waals surface area contributed by atoms with E-state index in [4.69, 9.17) is 0 Å². The van der Waals surface area contributed by atoms with Crippen molar-refractivity contribution in [2.45, 2.75) is 37.4 Å². The number of nitrogens with one attached hydrogen (secondary N) is 3. The first-order valence-electron chi connectivity index (χ1n) is 9.00. The first-order valence-corrected chi connectivity index (χ1v) is 9.00. The normalized spacial score (nSPS) is 27.2. The van der Waals surface area contributed by atoms with Crippen LogP contribution in [-0.4, -0.2) is 28.1 Å². The molecule has 3 aromatic rings. The topological polar surface area (TPSA) is 77.2 Å². The number of rotatable bonds is 2. The Kier molecular flexibility index (Phi) is 3.18. The molecule has 1 amide bonds. The summed E-state index contributed by atoms with van der Waals surface area (Å²) in [5.74, 6) is 0.294. The van der Waals surface area contributed by atoms with Gasteiger partial charge in [0, 0.05) is 16.6 Å². The molecule has 5 nitrogen and oxygen atoms in total. The Bertz CT molecular complexity index is 1010. The quantitative estimate of drug-likeness (QED) is 0.575. The van der Waals surface area contributed by atoms with Gasteiger partial charge in [0.25, 0.3) is 0 Å². The van der Waals surface area contributed by atoms with E-state index in [1.807, 2.05) is 24.3 Å². The van der Waals surface area contributed by atoms with Gasteiger partial charge in [-0.2, -0.15) is 0 Å². The zero-order chi connectivity index (χ0) is 17.9. The smallest absolute Gasteiger partial charge is 0.237 e. The number of hydrogen-bond donors (Lipinski definition) is 4. The molecule has 132 valence electrons. The van der Waals surface area contributed by atoms with E-state index in [9.17, 15) is 9.90 Å². The molecule has 1 aromatic heterocycles. The van der Waals surface area contributed by atoms with Crippen molar-refractivity contribution in [2.75, 3.05) is 0 Å². The van der Waals surface area contributed by atoms with Gasteiger partial charge in [-0.25, -0.2) is 0 Å². The summed E-state index contributed by atoms with van der Waals surface area (Å²) in [4.78, 5) is 16.2. The number of H-pyrrole nitrogens is 1. The number of hydrogen-bond acceptors (Lipinski definition) is 3. The van der Waals surface area contributed by atoms with Crippen LogP contribution in [0, 0.1) is 0 Å². The van der Waals surface area contributed by atoms with Crippen LogP contribution in [0.25, 0.3) is 10.9 Å². The Morgan fingerprint density at radius 2 is 2.00 bits per heavy atom. The van der Waals surface area contributed by atoms with E-state index < -0.39 is 5.54 Å². The predicted octanol–water partition coefficient (Wildman–Crippen LogP) is 2.34.